The fourth-order valence-corrected chi connectivity index (χ4v) is 14.5. The highest BCUT2D eigenvalue weighted by atomic mass is 14.6. The van der Waals surface area contributed by atoms with E-state index in [-0.39, 0.29) is 0 Å². The highest BCUT2D eigenvalue weighted by molar-refractivity contribution is 6.05. The van der Waals surface area contributed by atoms with Crippen LogP contribution in [0.4, 0.5) is 0 Å². The maximum absolute atomic E-state index is 2.65. The van der Waals surface area contributed by atoms with E-state index in [1.165, 1.54) is 133 Å². The molecule has 2 spiro atoms. The first-order chi connectivity index (χ1) is 33.2. The quantitative estimate of drug-likeness (QED) is 0.163. The second kappa shape index (κ2) is 12.5. The Labute approximate surface area is 390 Å². The van der Waals surface area contributed by atoms with Crippen molar-refractivity contribution in [1.82, 2.24) is 0 Å². The minimum Gasteiger partial charge on any atom is -0.0619 e. The molecule has 0 amide bonds. The Morgan fingerprint density at radius 3 is 0.910 bits per heavy atom. The third kappa shape index (κ3) is 4.03. The summed E-state index contributed by atoms with van der Waals surface area (Å²) in [4.78, 5) is 0. The fraction of sp³-hybridized carbons (Fsp3) is 0.0448. The average Bonchev–Trinajstić information content (AvgIpc) is 4.15. The predicted octanol–water partition coefficient (Wildman–Crippen LogP) is 15.9. The lowest BCUT2D eigenvalue weighted by molar-refractivity contribution is 0.742. The standard InChI is InChI=1S/C67H40/c1-2-18-44-41(17-1)33-38-61-64(44)53-25-9-16-32-60(53)65(61,42-34-36-51-49-23-7-14-30-58(49)66(62(51)39-42)54-26-10-3-19-45(54)46-20-4-11-27-55(46)66)43-35-37-52-50-24-8-15-31-59(50)67(63(52)40-43)56-28-12-5-21-47(56)48-22-6-13-29-57(48)67/h1-40H. The van der Waals surface area contributed by atoms with E-state index in [0.717, 1.165) is 0 Å². The molecular weight excluding hydrogens is 805 g/mol. The zero-order chi connectivity index (χ0) is 43.6. The van der Waals surface area contributed by atoms with Gasteiger partial charge in [-0.3, -0.25) is 0 Å². The van der Waals surface area contributed by atoms with Crippen LogP contribution >= 0.6 is 0 Å². The van der Waals surface area contributed by atoms with E-state index >= 15 is 0 Å². The third-order valence-corrected chi connectivity index (χ3v) is 16.8. The molecule has 0 heteroatoms. The Bertz CT molecular complexity index is 3690. The number of hydrogen-bond acceptors (Lipinski definition) is 0. The van der Waals surface area contributed by atoms with Crippen LogP contribution in [0.5, 0.6) is 0 Å². The zero-order valence-corrected chi connectivity index (χ0v) is 36.6. The number of fused-ring (bicyclic) bond motifs is 25. The average molecular weight is 845 g/mol. The van der Waals surface area contributed by atoms with Crippen molar-refractivity contribution >= 4 is 10.8 Å². The Kier molecular flexibility index (Phi) is 6.72. The lowest BCUT2D eigenvalue weighted by Crippen LogP contribution is -2.32. The smallest absolute Gasteiger partial charge is 0.0619 e. The third-order valence-electron chi connectivity index (χ3n) is 16.8. The lowest BCUT2D eigenvalue weighted by atomic mass is 9.64. The molecule has 0 saturated heterocycles. The summed E-state index contributed by atoms with van der Waals surface area (Å²) in [6, 6.07) is 93.5. The maximum atomic E-state index is 2.65. The van der Waals surface area contributed by atoms with Crippen molar-refractivity contribution in [3.8, 4) is 55.6 Å². The molecule has 0 heterocycles. The van der Waals surface area contributed by atoms with Gasteiger partial charge < -0.3 is 0 Å². The summed E-state index contributed by atoms with van der Waals surface area (Å²) in [6.45, 7) is 0. The van der Waals surface area contributed by atoms with Gasteiger partial charge in [-0.2, -0.15) is 0 Å². The van der Waals surface area contributed by atoms with Crippen molar-refractivity contribution in [3.05, 3.63) is 309 Å². The van der Waals surface area contributed by atoms with E-state index in [0.29, 0.717) is 0 Å². The molecule has 5 aliphatic carbocycles. The van der Waals surface area contributed by atoms with E-state index in [1.54, 1.807) is 0 Å². The normalized spacial score (nSPS) is 15.5. The second-order valence-electron chi connectivity index (χ2n) is 19.3. The first-order valence-corrected chi connectivity index (χ1v) is 23.8. The summed E-state index contributed by atoms with van der Waals surface area (Å²) in [5.41, 5.74) is 27.7. The molecule has 0 bridgehead atoms. The van der Waals surface area contributed by atoms with Crippen molar-refractivity contribution in [1.29, 1.82) is 0 Å². The number of rotatable bonds is 2. The van der Waals surface area contributed by atoms with Crippen LogP contribution in [0.1, 0.15) is 66.8 Å². The Morgan fingerprint density at radius 2 is 0.507 bits per heavy atom. The summed E-state index contributed by atoms with van der Waals surface area (Å²) in [6.07, 6.45) is 0. The van der Waals surface area contributed by atoms with Crippen molar-refractivity contribution in [3.63, 3.8) is 0 Å². The minimum atomic E-state index is -0.665. The maximum Gasteiger partial charge on any atom is 0.0725 e. The highest BCUT2D eigenvalue weighted by Gasteiger charge is 2.56. The molecular formula is C67H40. The van der Waals surface area contributed by atoms with Crippen LogP contribution in [0.15, 0.2) is 243 Å². The first-order valence-electron chi connectivity index (χ1n) is 23.8. The minimum absolute atomic E-state index is 0.471. The molecule has 67 heavy (non-hydrogen) atoms. The summed E-state index contributed by atoms with van der Waals surface area (Å²) >= 11 is 0. The lowest BCUT2D eigenvalue weighted by Gasteiger charge is -2.37. The first kappa shape index (κ1) is 36.0. The zero-order valence-electron chi connectivity index (χ0n) is 36.6. The molecule has 0 N–H and O–H groups in total. The second-order valence-corrected chi connectivity index (χ2v) is 19.3. The fourth-order valence-electron chi connectivity index (χ4n) is 14.5. The molecule has 11 aromatic carbocycles. The van der Waals surface area contributed by atoms with Gasteiger partial charge in [0.25, 0.3) is 0 Å². The Hall–Kier alpha value is -8.32. The van der Waals surface area contributed by atoms with Gasteiger partial charge in [0.2, 0.25) is 0 Å². The molecule has 0 nitrogen and oxygen atoms in total. The summed E-state index contributed by atoms with van der Waals surface area (Å²) < 4.78 is 0. The molecule has 0 aliphatic heterocycles. The van der Waals surface area contributed by atoms with Gasteiger partial charge in [0, 0.05) is 0 Å². The van der Waals surface area contributed by atoms with Gasteiger partial charge in [0.1, 0.15) is 0 Å². The molecule has 0 radical (unpaired) electrons. The van der Waals surface area contributed by atoms with Gasteiger partial charge in [0.15, 0.2) is 0 Å². The van der Waals surface area contributed by atoms with Crippen LogP contribution in [0, 0.1) is 0 Å². The Balaban J connectivity index is 1.06. The van der Waals surface area contributed by atoms with Crippen LogP contribution in [0.3, 0.4) is 0 Å². The molecule has 16 rings (SSSR count). The van der Waals surface area contributed by atoms with Crippen LogP contribution in [-0.4, -0.2) is 0 Å². The predicted molar refractivity (Wildman–Crippen MR) is 274 cm³/mol. The van der Waals surface area contributed by atoms with E-state index < -0.39 is 16.2 Å². The van der Waals surface area contributed by atoms with Crippen molar-refractivity contribution in [2.45, 2.75) is 16.2 Å². The SMILES string of the molecule is c1ccc2c(c1)-c1c(ccc3ccccc13)C2(c1ccc2c(c1)C1(c3ccccc3-c3ccccc31)c1ccccc1-2)c1ccc2c(c1)C1(c3ccccc3-c3ccccc31)c1ccccc1-2. The monoisotopic (exact) mass is 844 g/mol. The van der Waals surface area contributed by atoms with E-state index in [4.69, 9.17) is 0 Å². The molecule has 0 saturated carbocycles. The molecule has 0 unspecified atom stereocenters. The van der Waals surface area contributed by atoms with E-state index in [1.807, 2.05) is 0 Å². The summed E-state index contributed by atoms with van der Waals surface area (Å²) in [7, 11) is 0. The number of hydrogen-bond donors (Lipinski definition) is 0. The van der Waals surface area contributed by atoms with Gasteiger partial charge >= 0.3 is 0 Å². The molecule has 11 aromatic rings. The molecule has 0 atom stereocenters. The van der Waals surface area contributed by atoms with Crippen LogP contribution in [0.25, 0.3) is 66.4 Å². The molecule has 308 valence electrons. The largest absolute Gasteiger partial charge is 0.0725 e. The topological polar surface area (TPSA) is 0 Å². The van der Waals surface area contributed by atoms with Gasteiger partial charge in [-0.15, -0.1) is 0 Å². The van der Waals surface area contributed by atoms with Crippen molar-refractivity contribution in [2.75, 3.05) is 0 Å². The van der Waals surface area contributed by atoms with Gasteiger partial charge in [-0.05, 0) is 133 Å². The van der Waals surface area contributed by atoms with Crippen molar-refractivity contribution < 1.29 is 0 Å². The van der Waals surface area contributed by atoms with Gasteiger partial charge in [-0.25, -0.2) is 0 Å². The van der Waals surface area contributed by atoms with Crippen molar-refractivity contribution in [2.24, 2.45) is 0 Å². The van der Waals surface area contributed by atoms with E-state index in [2.05, 4.69) is 243 Å². The van der Waals surface area contributed by atoms with Gasteiger partial charge in [0.05, 0.1) is 16.2 Å². The Morgan fingerprint density at radius 1 is 0.194 bits per heavy atom. The van der Waals surface area contributed by atoms with Crippen LogP contribution in [-0.2, 0) is 16.2 Å². The highest BCUT2D eigenvalue weighted by Crippen LogP contribution is 2.67. The molecule has 0 aromatic heterocycles. The van der Waals surface area contributed by atoms with Crippen LogP contribution < -0.4 is 0 Å². The molecule has 5 aliphatic rings. The molecule has 0 fully saturated rings. The summed E-state index contributed by atoms with van der Waals surface area (Å²) in [5, 5.41) is 2.55. The van der Waals surface area contributed by atoms with E-state index in [9.17, 15) is 0 Å². The summed E-state index contributed by atoms with van der Waals surface area (Å²) in [5.74, 6) is 0. The van der Waals surface area contributed by atoms with Crippen LogP contribution in [0.2, 0.25) is 0 Å². The van der Waals surface area contributed by atoms with Gasteiger partial charge in [-0.1, -0.05) is 243 Å². The number of benzene rings is 11.